The molecule has 9 nitrogen and oxygen atoms in total. The Morgan fingerprint density at radius 2 is 0.897 bits per heavy atom. The standard InChI is InChI=1S/C59H98O9/c1-3-5-7-9-11-13-15-17-19-21-23-25-26-27-28-29-30-32-34-36-38-40-42-44-46-48-55(61)67-53(52-66-59-58(64)57(63)56(62)54(50-60)68-59)51-65-49-47-45-43-41-39-37-35-33-31-24-22-20-18-16-14-12-10-8-6-4-2/h5,7,11-14,17-20,23-25,27-28,30-32,53-54,56-60,62-64H,3-4,6,8-10,15-16,21-22,26,29,33-52H2,1-2H3/b7-5-,13-11-,14-12-,19-17-,20-18-,25-23-,28-27-,31-24-,32-30-. The topological polar surface area (TPSA) is 135 Å². The zero-order chi connectivity index (χ0) is 49.2. The van der Waals surface area contributed by atoms with Crippen molar-refractivity contribution >= 4 is 5.97 Å². The van der Waals surface area contributed by atoms with Crippen LogP contribution in [-0.4, -0.2) is 89.6 Å². The lowest BCUT2D eigenvalue weighted by Crippen LogP contribution is -2.59. The van der Waals surface area contributed by atoms with Gasteiger partial charge in [0.15, 0.2) is 6.29 Å². The van der Waals surface area contributed by atoms with Crippen LogP contribution < -0.4 is 0 Å². The van der Waals surface area contributed by atoms with Gasteiger partial charge in [-0.05, 0) is 103 Å². The van der Waals surface area contributed by atoms with Gasteiger partial charge in [-0.2, -0.15) is 0 Å². The Hall–Kier alpha value is -3.15. The molecule has 6 unspecified atom stereocenters. The molecule has 0 amide bonds. The van der Waals surface area contributed by atoms with Crippen molar-refractivity contribution in [2.45, 2.75) is 230 Å². The Morgan fingerprint density at radius 3 is 1.35 bits per heavy atom. The molecule has 0 aliphatic carbocycles. The zero-order valence-electron chi connectivity index (χ0n) is 42.8. The summed E-state index contributed by atoms with van der Waals surface area (Å²) in [5.74, 6) is -0.336. The molecule has 1 rings (SSSR count). The van der Waals surface area contributed by atoms with Gasteiger partial charge in [-0.1, -0.05) is 194 Å². The smallest absolute Gasteiger partial charge is 0.306 e. The van der Waals surface area contributed by atoms with Crippen LogP contribution in [-0.2, 0) is 23.7 Å². The van der Waals surface area contributed by atoms with Crippen LogP contribution in [0.25, 0.3) is 0 Å². The van der Waals surface area contributed by atoms with Crippen molar-refractivity contribution in [3.05, 3.63) is 109 Å². The van der Waals surface area contributed by atoms with Gasteiger partial charge < -0.3 is 39.4 Å². The number of carbonyl (C=O) groups excluding carboxylic acids is 1. The lowest BCUT2D eigenvalue weighted by molar-refractivity contribution is -0.305. The molecule has 0 spiro atoms. The van der Waals surface area contributed by atoms with Crippen LogP contribution in [0.2, 0.25) is 0 Å². The summed E-state index contributed by atoms with van der Waals surface area (Å²) in [6.45, 7) is 4.37. The molecule has 0 aromatic carbocycles. The molecule has 68 heavy (non-hydrogen) atoms. The Bertz CT molecular complexity index is 1410. The van der Waals surface area contributed by atoms with E-state index < -0.39 is 43.4 Å². The highest BCUT2D eigenvalue weighted by Crippen LogP contribution is 2.22. The Kier molecular flexibility index (Phi) is 45.2. The van der Waals surface area contributed by atoms with Crippen molar-refractivity contribution in [1.29, 1.82) is 0 Å². The van der Waals surface area contributed by atoms with Crippen molar-refractivity contribution in [3.63, 3.8) is 0 Å². The maximum Gasteiger partial charge on any atom is 0.306 e. The van der Waals surface area contributed by atoms with Crippen LogP contribution >= 0.6 is 0 Å². The molecule has 1 aliphatic rings. The average Bonchev–Trinajstić information content (AvgIpc) is 3.34. The summed E-state index contributed by atoms with van der Waals surface area (Å²) in [5.41, 5.74) is 0. The third-order valence-electron chi connectivity index (χ3n) is 11.7. The highest BCUT2D eigenvalue weighted by atomic mass is 16.7. The van der Waals surface area contributed by atoms with E-state index in [9.17, 15) is 25.2 Å². The summed E-state index contributed by atoms with van der Waals surface area (Å²) in [4.78, 5) is 12.9. The fraction of sp³-hybridized carbons (Fsp3) is 0.678. The minimum atomic E-state index is -1.55. The van der Waals surface area contributed by atoms with Crippen molar-refractivity contribution in [2.75, 3.05) is 26.4 Å². The maximum absolute atomic E-state index is 12.9. The normalized spacial score (nSPS) is 20.0. The van der Waals surface area contributed by atoms with Crippen LogP contribution in [0, 0.1) is 0 Å². The quantitative estimate of drug-likeness (QED) is 0.0267. The number of unbranched alkanes of at least 4 members (excludes halogenated alkanes) is 16. The van der Waals surface area contributed by atoms with Crippen LogP contribution in [0.4, 0.5) is 0 Å². The van der Waals surface area contributed by atoms with E-state index in [1.807, 2.05) is 0 Å². The van der Waals surface area contributed by atoms with E-state index in [1.165, 1.54) is 57.8 Å². The van der Waals surface area contributed by atoms with E-state index in [2.05, 4.69) is 123 Å². The molecule has 1 fully saturated rings. The molecular formula is C59H98O9. The third kappa shape index (κ3) is 38.7. The van der Waals surface area contributed by atoms with Crippen molar-refractivity contribution in [3.8, 4) is 0 Å². The summed E-state index contributed by atoms with van der Waals surface area (Å²) in [7, 11) is 0. The van der Waals surface area contributed by atoms with Crippen LogP contribution in [0.1, 0.15) is 194 Å². The van der Waals surface area contributed by atoms with Gasteiger partial charge in [-0.25, -0.2) is 0 Å². The van der Waals surface area contributed by atoms with E-state index in [-0.39, 0.29) is 19.2 Å². The van der Waals surface area contributed by atoms with Gasteiger partial charge in [0.1, 0.15) is 30.5 Å². The van der Waals surface area contributed by atoms with Crippen molar-refractivity contribution in [2.24, 2.45) is 0 Å². The van der Waals surface area contributed by atoms with E-state index in [0.717, 1.165) is 116 Å². The number of hydrogen-bond acceptors (Lipinski definition) is 9. The molecule has 1 heterocycles. The van der Waals surface area contributed by atoms with Gasteiger partial charge in [-0.3, -0.25) is 4.79 Å². The molecular weight excluding hydrogens is 853 g/mol. The van der Waals surface area contributed by atoms with Crippen molar-refractivity contribution < 1.29 is 44.2 Å². The van der Waals surface area contributed by atoms with Gasteiger partial charge in [0.25, 0.3) is 0 Å². The Labute approximate surface area is 414 Å². The first-order chi connectivity index (χ1) is 33.4. The second-order valence-corrected chi connectivity index (χ2v) is 17.9. The summed E-state index contributed by atoms with van der Waals surface area (Å²) in [6, 6.07) is 0. The number of allylic oxidation sites excluding steroid dienone is 18. The molecule has 0 radical (unpaired) electrons. The summed E-state index contributed by atoms with van der Waals surface area (Å²) in [5, 5.41) is 40.3. The molecule has 4 N–H and O–H groups in total. The number of esters is 1. The SMILES string of the molecule is CC/C=C\C/C=C\C/C=C\C/C=C\C/C=C\C/C=C\CCCCCCCCC(=O)OC(COCCCCCCCCC/C=C\C/C=C\C/C=C\CCCCC)COC1OC(CO)C(O)C(O)C1O. The van der Waals surface area contributed by atoms with Gasteiger partial charge in [0, 0.05) is 13.0 Å². The molecule has 0 aromatic heterocycles. The summed E-state index contributed by atoms with van der Waals surface area (Å²) in [6.07, 6.45) is 62.6. The molecule has 1 saturated heterocycles. The number of rotatable bonds is 45. The Balaban J connectivity index is 2.23. The Morgan fingerprint density at radius 1 is 0.485 bits per heavy atom. The van der Waals surface area contributed by atoms with Crippen molar-refractivity contribution in [1.82, 2.24) is 0 Å². The molecule has 388 valence electrons. The van der Waals surface area contributed by atoms with Gasteiger partial charge in [0.2, 0.25) is 0 Å². The predicted octanol–water partition coefficient (Wildman–Crippen LogP) is 13.7. The highest BCUT2D eigenvalue weighted by molar-refractivity contribution is 5.69. The molecule has 6 atom stereocenters. The molecule has 9 heteroatoms. The minimum absolute atomic E-state index is 0.124. The van der Waals surface area contributed by atoms with Gasteiger partial charge in [0.05, 0.1) is 19.8 Å². The number of aliphatic hydroxyl groups is 4. The van der Waals surface area contributed by atoms with Crippen LogP contribution in [0.5, 0.6) is 0 Å². The molecule has 0 aromatic rings. The lowest BCUT2D eigenvalue weighted by Gasteiger charge is -2.39. The summed E-state index contributed by atoms with van der Waals surface area (Å²) < 4.78 is 22.9. The maximum atomic E-state index is 12.9. The zero-order valence-corrected chi connectivity index (χ0v) is 42.8. The first-order valence-electron chi connectivity index (χ1n) is 27.0. The summed E-state index contributed by atoms with van der Waals surface area (Å²) >= 11 is 0. The molecule has 0 saturated carbocycles. The number of ether oxygens (including phenoxy) is 4. The fourth-order valence-electron chi connectivity index (χ4n) is 7.50. The number of aliphatic hydroxyl groups excluding tert-OH is 4. The molecule has 1 aliphatic heterocycles. The lowest BCUT2D eigenvalue weighted by atomic mass is 9.99. The predicted molar refractivity (Wildman–Crippen MR) is 283 cm³/mol. The van der Waals surface area contributed by atoms with E-state index in [0.29, 0.717) is 13.0 Å². The van der Waals surface area contributed by atoms with Crippen LogP contribution in [0.15, 0.2) is 109 Å². The number of hydrogen-bond donors (Lipinski definition) is 4. The second kappa shape index (κ2) is 48.9. The first-order valence-corrected chi connectivity index (χ1v) is 27.0. The largest absolute Gasteiger partial charge is 0.457 e. The van der Waals surface area contributed by atoms with Gasteiger partial charge in [-0.15, -0.1) is 0 Å². The highest BCUT2D eigenvalue weighted by Gasteiger charge is 2.44. The minimum Gasteiger partial charge on any atom is -0.457 e. The number of carbonyl (C=O) groups is 1. The monoisotopic (exact) mass is 951 g/mol. The van der Waals surface area contributed by atoms with E-state index in [4.69, 9.17) is 18.9 Å². The average molecular weight is 951 g/mol. The van der Waals surface area contributed by atoms with Crippen LogP contribution in [0.3, 0.4) is 0 Å². The van der Waals surface area contributed by atoms with Gasteiger partial charge >= 0.3 is 5.97 Å². The van der Waals surface area contributed by atoms with E-state index >= 15 is 0 Å². The fourth-order valence-corrected chi connectivity index (χ4v) is 7.50. The molecule has 0 bridgehead atoms. The third-order valence-corrected chi connectivity index (χ3v) is 11.7. The van der Waals surface area contributed by atoms with E-state index in [1.54, 1.807) is 0 Å². The second-order valence-electron chi connectivity index (χ2n) is 17.9. The first kappa shape index (κ1) is 62.9.